The van der Waals surface area contributed by atoms with E-state index < -0.39 is 0 Å². The number of fused-ring (bicyclic) bond motifs is 1. The van der Waals surface area contributed by atoms with Crippen LogP contribution in [0.3, 0.4) is 0 Å². The van der Waals surface area contributed by atoms with Gasteiger partial charge in [-0.25, -0.2) is 5.26 Å². The molecule has 0 aliphatic heterocycles. The van der Waals surface area contributed by atoms with E-state index in [1.54, 1.807) is 0 Å². The Bertz CT molecular complexity index is 355. The van der Waals surface area contributed by atoms with E-state index in [2.05, 4.69) is 29.7 Å². The van der Waals surface area contributed by atoms with Crippen LogP contribution in [0.5, 0.6) is 0 Å². The summed E-state index contributed by atoms with van der Waals surface area (Å²) < 4.78 is 0. The first-order valence-corrected chi connectivity index (χ1v) is 4.10. The number of thiocyanates is 1. The van der Waals surface area contributed by atoms with Gasteiger partial charge in [0.1, 0.15) is 0 Å². The monoisotopic (exact) mass is 187 g/mol. The van der Waals surface area contributed by atoms with Crippen molar-refractivity contribution >= 4 is 23.5 Å². The van der Waals surface area contributed by atoms with Gasteiger partial charge in [-0.05, 0) is 12.1 Å². The number of nitriles is 1. The molecule has 0 amide bonds. The third-order valence-electron chi connectivity index (χ3n) is 1.51. The highest BCUT2D eigenvalue weighted by molar-refractivity contribution is 7.64. The third kappa shape index (κ3) is 2.69. The molecule has 64 valence electrons. The van der Waals surface area contributed by atoms with Crippen molar-refractivity contribution in [2.24, 2.45) is 0 Å². The quantitative estimate of drug-likeness (QED) is 0.469. The highest BCUT2D eigenvalue weighted by Crippen LogP contribution is 2.07. The van der Waals surface area contributed by atoms with Crippen LogP contribution in [0.25, 0.3) is 10.9 Å². The van der Waals surface area contributed by atoms with Crippen LogP contribution in [0.2, 0.25) is 0 Å². The molecule has 0 fully saturated rings. The van der Waals surface area contributed by atoms with Crippen LogP contribution in [0.15, 0.2) is 42.6 Å². The van der Waals surface area contributed by atoms with Gasteiger partial charge in [-0.1, -0.05) is 29.7 Å². The summed E-state index contributed by atoms with van der Waals surface area (Å²) in [6.07, 6.45) is 1.81. The van der Waals surface area contributed by atoms with E-state index in [-0.39, 0.29) is 0 Å². The van der Waals surface area contributed by atoms with Gasteiger partial charge in [0.25, 0.3) is 0 Å². The highest BCUT2D eigenvalue weighted by atomic mass is 32.1. The SMILES string of the molecule is N#C[S-].c1ccc2ncccc2c1. The van der Waals surface area contributed by atoms with Crippen molar-refractivity contribution in [2.45, 2.75) is 0 Å². The van der Waals surface area contributed by atoms with E-state index in [1.807, 2.05) is 30.5 Å². The molecule has 0 aliphatic carbocycles. The fraction of sp³-hybridized carbons (Fsp3) is 0. The molecular weight excluding hydrogens is 180 g/mol. The first-order chi connectivity index (χ1) is 6.38. The molecule has 2 nitrogen and oxygen atoms in total. The van der Waals surface area contributed by atoms with Crippen LogP contribution in [0, 0.1) is 10.7 Å². The fourth-order valence-electron chi connectivity index (χ4n) is 1.02. The summed E-state index contributed by atoms with van der Waals surface area (Å²) in [5.74, 6) is 0. The minimum Gasteiger partial charge on any atom is -0.696 e. The van der Waals surface area contributed by atoms with Crippen molar-refractivity contribution in [3.8, 4) is 5.40 Å². The lowest BCUT2D eigenvalue weighted by Crippen LogP contribution is -1.73. The number of rotatable bonds is 0. The van der Waals surface area contributed by atoms with Crippen molar-refractivity contribution in [3.05, 3.63) is 42.6 Å². The molecule has 0 unspecified atom stereocenters. The Morgan fingerprint density at radius 2 is 1.77 bits per heavy atom. The van der Waals surface area contributed by atoms with Gasteiger partial charge in [-0.15, -0.1) is 0 Å². The lowest BCUT2D eigenvalue weighted by Gasteiger charge is -1.91. The molecule has 3 heteroatoms. The second-order valence-electron chi connectivity index (χ2n) is 2.29. The number of benzene rings is 1. The first-order valence-electron chi connectivity index (χ1n) is 3.69. The summed E-state index contributed by atoms with van der Waals surface area (Å²) in [5.41, 5.74) is 1.06. The smallest absolute Gasteiger partial charge is 0.0701 e. The summed E-state index contributed by atoms with van der Waals surface area (Å²) in [4.78, 5) is 4.18. The lowest BCUT2D eigenvalue weighted by molar-refractivity contribution is 1.41. The Kier molecular flexibility index (Phi) is 3.68. The summed E-state index contributed by atoms with van der Waals surface area (Å²) in [7, 11) is 0. The summed E-state index contributed by atoms with van der Waals surface area (Å²) in [6, 6.07) is 12.1. The zero-order chi connectivity index (χ0) is 9.52. The molecule has 1 heterocycles. The van der Waals surface area contributed by atoms with Gasteiger partial charge in [0, 0.05) is 11.6 Å². The van der Waals surface area contributed by atoms with Gasteiger partial charge in [0.05, 0.1) is 5.52 Å². The maximum Gasteiger partial charge on any atom is 0.0701 e. The summed E-state index contributed by atoms with van der Waals surface area (Å²) in [6.45, 7) is 0. The topological polar surface area (TPSA) is 36.7 Å². The zero-order valence-electron chi connectivity index (χ0n) is 6.84. The number of hydrogen-bond acceptors (Lipinski definition) is 3. The van der Waals surface area contributed by atoms with E-state index in [0.717, 1.165) is 5.52 Å². The largest absolute Gasteiger partial charge is 0.696 e. The molecule has 0 spiro atoms. The van der Waals surface area contributed by atoms with Crippen molar-refractivity contribution in [1.29, 1.82) is 5.26 Å². The van der Waals surface area contributed by atoms with Gasteiger partial charge >= 0.3 is 0 Å². The number of aromatic nitrogens is 1. The minimum absolute atomic E-state index is 1.06. The predicted molar refractivity (Wildman–Crippen MR) is 54.7 cm³/mol. The fourth-order valence-corrected chi connectivity index (χ4v) is 1.02. The Morgan fingerprint density at radius 3 is 2.46 bits per heavy atom. The van der Waals surface area contributed by atoms with Gasteiger partial charge < -0.3 is 12.6 Å². The molecule has 1 aromatic heterocycles. The molecule has 2 rings (SSSR count). The third-order valence-corrected chi connectivity index (χ3v) is 1.51. The van der Waals surface area contributed by atoms with Gasteiger partial charge in [-0.2, -0.15) is 0 Å². The maximum absolute atomic E-state index is 7.13. The molecule has 13 heavy (non-hydrogen) atoms. The van der Waals surface area contributed by atoms with E-state index in [1.165, 1.54) is 10.8 Å². The Hall–Kier alpha value is -1.66. The van der Waals surface area contributed by atoms with Crippen molar-refractivity contribution in [1.82, 2.24) is 4.98 Å². The van der Waals surface area contributed by atoms with Gasteiger partial charge in [0.15, 0.2) is 0 Å². The molecule has 1 aromatic carbocycles. The van der Waals surface area contributed by atoms with Gasteiger partial charge in [-0.3, -0.25) is 4.98 Å². The molecular formula is C10H7N2S-. The predicted octanol–water partition coefficient (Wildman–Crippen LogP) is 2.25. The first kappa shape index (κ1) is 9.43. The zero-order valence-corrected chi connectivity index (χ0v) is 7.66. The number of nitrogens with zero attached hydrogens (tertiary/aromatic N) is 2. The lowest BCUT2D eigenvalue weighted by atomic mass is 10.2. The van der Waals surface area contributed by atoms with Crippen LogP contribution in [0.1, 0.15) is 0 Å². The van der Waals surface area contributed by atoms with Crippen LogP contribution in [0.4, 0.5) is 0 Å². The summed E-state index contributed by atoms with van der Waals surface area (Å²) in [5, 5.41) is 9.67. The van der Waals surface area contributed by atoms with E-state index in [0.29, 0.717) is 0 Å². The van der Waals surface area contributed by atoms with Crippen molar-refractivity contribution < 1.29 is 0 Å². The maximum atomic E-state index is 7.13. The van der Waals surface area contributed by atoms with Crippen LogP contribution in [-0.4, -0.2) is 4.98 Å². The van der Waals surface area contributed by atoms with Crippen molar-refractivity contribution in [2.75, 3.05) is 0 Å². The Balaban J connectivity index is 0.000000251. The number of pyridine rings is 1. The second kappa shape index (κ2) is 5.07. The molecule has 0 radical (unpaired) electrons. The molecule has 2 aromatic rings. The van der Waals surface area contributed by atoms with Crippen molar-refractivity contribution in [3.63, 3.8) is 0 Å². The second-order valence-corrected chi connectivity index (χ2v) is 2.47. The van der Waals surface area contributed by atoms with Crippen LogP contribution >= 0.6 is 0 Å². The molecule has 0 aliphatic rings. The van der Waals surface area contributed by atoms with Crippen LogP contribution in [-0.2, 0) is 12.6 Å². The van der Waals surface area contributed by atoms with E-state index >= 15 is 0 Å². The van der Waals surface area contributed by atoms with Gasteiger partial charge in [0.2, 0.25) is 0 Å². The average molecular weight is 187 g/mol. The molecule has 0 atom stereocenters. The Labute approximate surface area is 82.3 Å². The molecule has 0 saturated carbocycles. The van der Waals surface area contributed by atoms with Crippen LogP contribution < -0.4 is 0 Å². The standard InChI is InChI=1S/C9H7N.CHNS/c1-2-6-9-8(4-1)5-3-7-10-9;2-1-3/h1-7H;3H/p-1. The average Bonchev–Trinajstić information content (AvgIpc) is 2.19. The molecule has 0 saturated heterocycles. The highest BCUT2D eigenvalue weighted by Gasteiger charge is 1.86. The Morgan fingerprint density at radius 1 is 1.15 bits per heavy atom. The molecule has 0 N–H and O–H groups in total. The van der Waals surface area contributed by atoms with E-state index in [4.69, 9.17) is 5.26 Å². The summed E-state index contributed by atoms with van der Waals surface area (Å²) >= 11 is 3.70. The number of para-hydroxylation sites is 1. The molecule has 0 bridgehead atoms. The minimum atomic E-state index is 1.06. The van der Waals surface area contributed by atoms with E-state index in [9.17, 15) is 0 Å². The number of hydrogen-bond donors (Lipinski definition) is 0. The normalized spacial score (nSPS) is 8.23.